The Balaban J connectivity index is 2.19. The molecule has 0 atom stereocenters. The van der Waals surface area contributed by atoms with Gasteiger partial charge in [0.1, 0.15) is 12.3 Å². The number of fused-ring (bicyclic) bond motifs is 1. The molecule has 0 radical (unpaired) electrons. The molecular formula is C16H18ClNO5. The van der Waals surface area contributed by atoms with E-state index in [1.54, 1.807) is 12.1 Å². The first-order valence-corrected chi connectivity index (χ1v) is 7.92. The molecule has 2 rings (SSSR count). The Morgan fingerprint density at radius 2 is 2.17 bits per heavy atom. The maximum absolute atomic E-state index is 12.1. The maximum atomic E-state index is 12.1. The molecule has 1 aliphatic heterocycles. The van der Waals surface area contributed by atoms with Crippen LogP contribution in [0.1, 0.15) is 30.1 Å². The molecule has 1 aliphatic rings. The van der Waals surface area contributed by atoms with E-state index in [4.69, 9.17) is 21.1 Å². The Morgan fingerprint density at radius 1 is 1.39 bits per heavy atom. The van der Waals surface area contributed by atoms with Crippen LogP contribution in [0.3, 0.4) is 0 Å². The Kier molecular flexibility index (Phi) is 5.98. The molecule has 0 spiro atoms. The average molecular weight is 340 g/mol. The highest BCUT2D eigenvalue weighted by atomic mass is 35.5. The average Bonchev–Trinajstić information content (AvgIpc) is 2.56. The van der Waals surface area contributed by atoms with Crippen molar-refractivity contribution >= 4 is 34.9 Å². The molecule has 23 heavy (non-hydrogen) atoms. The van der Waals surface area contributed by atoms with Crippen LogP contribution in [0.5, 0.6) is 5.75 Å². The summed E-state index contributed by atoms with van der Waals surface area (Å²) in [5.41, 5.74) is 0.742. The van der Waals surface area contributed by atoms with E-state index in [0.29, 0.717) is 23.6 Å². The van der Waals surface area contributed by atoms with E-state index in [1.165, 1.54) is 11.0 Å². The van der Waals surface area contributed by atoms with Gasteiger partial charge in [-0.05, 0) is 24.6 Å². The highest BCUT2D eigenvalue weighted by Crippen LogP contribution is 2.33. The van der Waals surface area contributed by atoms with E-state index in [0.717, 1.165) is 12.8 Å². The number of ether oxygens (including phenoxy) is 2. The highest BCUT2D eigenvalue weighted by Gasteiger charge is 2.28. The number of halogens is 1. The van der Waals surface area contributed by atoms with Gasteiger partial charge in [-0.1, -0.05) is 13.3 Å². The molecule has 124 valence electrons. The summed E-state index contributed by atoms with van der Waals surface area (Å²) >= 11 is 5.55. The molecule has 0 N–H and O–H groups in total. The van der Waals surface area contributed by atoms with Crippen LogP contribution >= 0.6 is 11.6 Å². The first kappa shape index (κ1) is 17.3. The molecule has 1 heterocycles. The lowest BCUT2D eigenvalue weighted by Gasteiger charge is -2.28. The monoisotopic (exact) mass is 339 g/mol. The Labute approximate surface area is 139 Å². The third kappa shape index (κ3) is 4.22. The quantitative estimate of drug-likeness (QED) is 0.329. The van der Waals surface area contributed by atoms with Crippen molar-refractivity contribution in [2.45, 2.75) is 19.8 Å². The lowest BCUT2D eigenvalue weighted by Crippen LogP contribution is -2.42. The van der Waals surface area contributed by atoms with Gasteiger partial charge in [0.2, 0.25) is 0 Å². The summed E-state index contributed by atoms with van der Waals surface area (Å²) in [5, 5.41) is 0. The zero-order valence-electron chi connectivity index (χ0n) is 12.8. The van der Waals surface area contributed by atoms with Crippen LogP contribution in [0.2, 0.25) is 0 Å². The van der Waals surface area contributed by atoms with Crippen LogP contribution in [0.15, 0.2) is 18.2 Å². The van der Waals surface area contributed by atoms with Crippen molar-refractivity contribution in [1.82, 2.24) is 0 Å². The number of rotatable bonds is 7. The molecule has 1 aromatic rings. The molecular weight excluding hydrogens is 322 g/mol. The third-order valence-corrected chi connectivity index (χ3v) is 3.64. The van der Waals surface area contributed by atoms with E-state index in [9.17, 15) is 14.4 Å². The number of anilines is 1. The van der Waals surface area contributed by atoms with E-state index in [2.05, 4.69) is 0 Å². The van der Waals surface area contributed by atoms with Gasteiger partial charge in [0, 0.05) is 5.56 Å². The third-order valence-electron chi connectivity index (χ3n) is 3.39. The Morgan fingerprint density at radius 3 is 2.87 bits per heavy atom. The van der Waals surface area contributed by atoms with Crippen molar-refractivity contribution < 1.29 is 23.9 Å². The zero-order valence-corrected chi connectivity index (χ0v) is 13.6. The van der Waals surface area contributed by atoms with Crippen LogP contribution in [0.4, 0.5) is 5.69 Å². The van der Waals surface area contributed by atoms with Gasteiger partial charge in [0.15, 0.2) is 12.4 Å². The minimum absolute atomic E-state index is 0.155. The minimum Gasteiger partial charge on any atom is -0.482 e. The smallest absolute Gasteiger partial charge is 0.326 e. The Bertz CT molecular complexity index is 616. The van der Waals surface area contributed by atoms with E-state index < -0.39 is 5.97 Å². The van der Waals surface area contributed by atoms with Gasteiger partial charge in [-0.25, -0.2) is 0 Å². The van der Waals surface area contributed by atoms with Crippen molar-refractivity contribution in [2.75, 3.05) is 30.5 Å². The molecule has 0 fully saturated rings. The van der Waals surface area contributed by atoms with Crippen molar-refractivity contribution in [3.8, 4) is 5.75 Å². The molecule has 1 amide bonds. The summed E-state index contributed by atoms with van der Waals surface area (Å²) in [6.07, 6.45) is 1.68. The van der Waals surface area contributed by atoms with Gasteiger partial charge in [-0.2, -0.15) is 0 Å². The number of hydrogen-bond acceptors (Lipinski definition) is 5. The second kappa shape index (κ2) is 7.97. The number of esters is 1. The van der Waals surface area contributed by atoms with Crippen LogP contribution in [0.25, 0.3) is 0 Å². The van der Waals surface area contributed by atoms with Crippen LogP contribution in [-0.2, 0) is 14.3 Å². The number of hydrogen-bond donors (Lipinski definition) is 0. The number of carbonyl (C=O) groups excluding carboxylic acids is 3. The molecule has 6 nitrogen and oxygen atoms in total. The Hall–Kier alpha value is -2.08. The van der Waals surface area contributed by atoms with Crippen molar-refractivity contribution in [1.29, 1.82) is 0 Å². The van der Waals surface area contributed by atoms with Crippen molar-refractivity contribution in [2.24, 2.45) is 0 Å². The summed E-state index contributed by atoms with van der Waals surface area (Å²) in [6.45, 7) is 1.95. The summed E-state index contributed by atoms with van der Waals surface area (Å²) in [6, 6.07) is 4.69. The number of unbranched alkanes of at least 4 members (excludes halogenated alkanes) is 1. The topological polar surface area (TPSA) is 72.9 Å². The summed E-state index contributed by atoms with van der Waals surface area (Å²) in [4.78, 5) is 36.9. The molecule has 0 bridgehead atoms. The van der Waals surface area contributed by atoms with Crippen LogP contribution in [0, 0.1) is 0 Å². The first-order valence-electron chi connectivity index (χ1n) is 7.38. The number of Topliss-reactive ketones (excluding diaryl/α,β-unsaturated/α-hetero) is 1. The normalized spacial score (nSPS) is 13.3. The van der Waals surface area contributed by atoms with Crippen molar-refractivity contribution in [3.63, 3.8) is 0 Å². The van der Waals surface area contributed by atoms with E-state index in [-0.39, 0.29) is 30.7 Å². The number of ketones is 1. The molecule has 0 unspecified atom stereocenters. The number of nitrogens with zero attached hydrogens (tertiary/aromatic N) is 1. The SMILES string of the molecule is CCCCOC(=O)CN1C(=O)COc2ccc(C(=O)CCl)cc21. The predicted octanol–water partition coefficient (Wildman–Crippen LogP) is 2.18. The molecule has 0 saturated carbocycles. The largest absolute Gasteiger partial charge is 0.482 e. The summed E-state index contributed by atoms with van der Waals surface area (Å²) in [7, 11) is 0. The number of alkyl halides is 1. The standard InChI is InChI=1S/C16H18ClNO5/c1-2-3-6-22-16(21)9-18-12-7-11(13(19)8-17)4-5-14(12)23-10-15(18)20/h4-5,7H,2-3,6,8-10H2,1H3. The second-order valence-corrected chi connectivity index (χ2v) is 5.35. The lowest BCUT2D eigenvalue weighted by molar-refractivity contribution is -0.143. The molecule has 0 aliphatic carbocycles. The van der Waals surface area contributed by atoms with Crippen molar-refractivity contribution in [3.05, 3.63) is 23.8 Å². The van der Waals surface area contributed by atoms with Gasteiger partial charge in [0.05, 0.1) is 18.2 Å². The number of amides is 1. The maximum Gasteiger partial charge on any atom is 0.326 e. The van der Waals surface area contributed by atoms with Gasteiger partial charge < -0.3 is 9.47 Å². The van der Waals surface area contributed by atoms with Gasteiger partial charge in [-0.15, -0.1) is 11.6 Å². The first-order chi connectivity index (χ1) is 11.1. The second-order valence-electron chi connectivity index (χ2n) is 5.08. The lowest BCUT2D eigenvalue weighted by atomic mass is 10.1. The highest BCUT2D eigenvalue weighted by molar-refractivity contribution is 6.30. The zero-order chi connectivity index (χ0) is 16.8. The minimum atomic E-state index is -0.492. The molecule has 1 aromatic carbocycles. The molecule has 0 saturated heterocycles. The fourth-order valence-electron chi connectivity index (χ4n) is 2.13. The fraction of sp³-hybridized carbons (Fsp3) is 0.438. The van der Waals surface area contributed by atoms with Gasteiger partial charge in [-0.3, -0.25) is 19.3 Å². The van der Waals surface area contributed by atoms with Crippen LogP contribution < -0.4 is 9.64 Å². The number of benzene rings is 1. The van der Waals surface area contributed by atoms with Crippen LogP contribution in [-0.4, -0.2) is 43.3 Å². The van der Waals surface area contributed by atoms with Gasteiger partial charge >= 0.3 is 5.97 Å². The molecule has 7 heteroatoms. The number of carbonyl (C=O) groups is 3. The predicted molar refractivity (Wildman–Crippen MR) is 85.2 cm³/mol. The summed E-state index contributed by atoms with van der Waals surface area (Å²) in [5.74, 6) is -0.837. The summed E-state index contributed by atoms with van der Waals surface area (Å²) < 4.78 is 10.4. The molecule has 0 aromatic heterocycles. The fourth-order valence-corrected chi connectivity index (χ4v) is 2.29. The van der Waals surface area contributed by atoms with E-state index in [1.807, 2.05) is 6.92 Å². The van der Waals surface area contributed by atoms with E-state index >= 15 is 0 Å². The van der Waals surface area contributed by atoms with Gasteiger partial charge in [0.25, 0.3) is 5.91 Å².